The minimum atomic E-state index is -1.10. The van der Waals surface area contributed by atoms with Crippen LogP contribution in [0, 0.1) is 0 Å². The van der Waals surface area contributed by atoms with E-state index >= 15 is 0 Å². The summed E-state index contributed by atoms with van der Waals surface area (Å²) < 4.78 is 2.98. The van der Waals surface area contributed by atoms with E-state index in [1.54, 1.807) is 0 Å². The molecule has 0 aromatic carbocycles. The fourth-order valence-electron chi connectivity index (χ4n) is 3.02. The van der Waals surface area contributed by atoms with E-state index in [2.05, 4.69) is 62.8 Å². The predicted octanol–water partition coefficient (Wildman–Crippen LogP) is 3.14. The van der Waals surface area contributed by atoms with Crippen LogP contribution in [0.15, 0.2) is 0 Å². The first-order valence-electron chi connectivity index (χ1n) is 5.17. The van der Waals surface area contributed by atoms with Gasteiger partial charge in [0.2, 0.25) is 0 Å². The van der Waals surface area contributed by atoms with Crippen LogP contribution >= 0.6 is 0 Å². The maximum absolute atomic E-state index is 2.98. The number of nitrogens with zero attached hydrogens (tertiary/aromatic N) is 1. The molecular formula is C9H28LiNSi3. The van der Waals surface area contributed by atoms with Gasteiger partial charge in [0.25, 0.3) is 0 Å². The van der Waals surface area contributed by atoms with Gasteiger partial charge in [-0.2, -0.15) is 0 Å². The van der Waals surface area contributed by atoms with Crippen molar-refractivity contribution in [2.24, 2.45) is 0 Å². The van der Waals surface area contributed by atoms with Crippen LogP contribution in [0.5, 0.6) is 0 Å². The second kappa shape index (κ2) is 5.03. The van der Waals surface area contributed by atoms with Crippen LogP contribution in [0.3, 0.4) is 0 Å². The SMILES string of the molecule is C[Si](C)(C)N([Si](C)(C)C)[Si](C)(C)C.[LiH]. The molecule has 1 nitrogen and oxygen atoms in total. The molecule has 0 bridgehead atoms. The van der Waals surface area contributed by atoms with Gasteiger partial charge in [0, 0.05) is 0 Å². The van der Waals surface area contributed by atoms with E-state index in [1.807, 2.05) is 0 Å². The van der Waals surface area contributed by atoms with Gasteiger partial charge in [-0.05, 0) is 0 Å². The van der Waals surface area contributed by atoms with E-state index in [0.29, 0.717) is 0 Å². The van der Waals surface area contributed by atoms with Gasteiger partial charge >= 0.3 is 18.9 Å². The fourth-order valence-corrected chi connectivity index (χ4v) is 27.2. The summed E-state index contributed by atoms with van der Waals surface area (Å²) >= 11 is 0. The van der Waals surface area contributed by atoms with Gasteiger partial charge in [-0.3, -0.25) is 0 Å². The van der Waals surface area contributed by atoms with Gasteiger partial charge in [0.15, 0.2) is 0 Å². The Bertz CT molecular complexity index is 143. The summed E-state index contributed by atoms with van der Waals surface area (Å²) in [6.07, 6.45) is 0. The molecule has 0 aliphatic carbocycles. The van der Waals surface area contributed by atoms with Crippen molar-refractivity contribution >= 4 is 43.6 Å². The predicted molar refractivity (Wildman–Crippen MR) is 79.0 cm³/mol. The second-order valence-electron chi connectivity index (χ2n) is 6.85. The van der Waals surface area contributed by atoms with E-state index in [4.69, 9.17) is 0 Å². The van der Waals surface area contributed by atoms with Crippen molar-refractivity contribution in [3.63, 3.8) is 0 Å². The average molecular weight is 242 g/mol. The van der Waals surface area contributed by atoms with Crippen molar-refractivity contribution in [3.8, 4) is 0 Å². The zero-order valence-electron chi connectivity index (χ0n) is 10.9. The second-order valence-corrected chi connectivity index (χ2v) is 22.6. The third-order valence-electron chi connectivity index (χ3n) is 2.01. The van der Waals surface area contributed by atoms with E-state index in [9.17, 15) is 0 Å². The first-order chi connectivity index (χ1) is 5.37. The third-order valence-corrected chi connectivity index (χ3v) is 18.1. The van der Waals surface area contributed by atoms with Gasteiger partial charge in [0.05, 0.1) is 0 Å². The molecular weight excluding hydrogens is 213 g/mol. The molecule has 0 heterocycles. The Morgan fingerprint density at radius 2 is 0.643 bits per heavy atom. The monoisotopic (exact) mass is 241 g/mol. The van der Waals surface area contributed by atoms with Crippen LogP contribution in [0.4, 0.5) is 0 Å². The molecule has 0 radical (unpaired) electrons. The molecule has 0 aliphatic rings. The molecule has 0 fully saturated rings. The molecule has 0 aromatic rings. The quantitative estimate of drug-likeness (QED) is 0.686. The molecule has 0 amide bonds. The molecule has 0 spiro atoms. The molecule has 0 aliphatic heterocycles. The Hall–Kier alpha value is 1.21. The minimum absolute atomic E-state index is 0. The molecule has 0 saturated carbocycles. The third kappa shape index (κ3) is 5.34. The summed E-state index contributed by atoms with van der Waals surface area (Å²) in [5.41, 5.74) is 0. The Morgan fingerprint density at radius 1 is 0.500 bits per heavy atom. The van der Waals surface area contributed by atoms with Crippen molar-refractivity contribution in [3.05, 3.63) is 0 Å². The molecule has 0 aromatic heterocycles. The molecule has 0 atom stereocenters. The molecule has 5 heteroatoms. The normalized spacial score (nSPS) is 14.1. The van der Waals surface area contributed by atoms with Gasteiger partial charge in [-0.25, -0.2) is 0 Å². The zero-order chi connectivity index (χ0) is 11.1. The Morgan fingerprint density at radius 3 is 0.643 bits per heavy atom. The van der Waals surface area contributed by atoms with Crippen molar-refractivity contribution in [1.29, 1.82) is 0 Å². The first-order valence-corrected chi connectivity index (χ1v) is 15.5. The van der Waals surface area contributed by atoms with Crippen molar-refractivity contribution in [2.45, 2.75) is 58.9 Å². The standard InChI is InChI=1S/C9H27NSi3.Li.H/c1-11(2,3)10(12(4,5)6)13(7,8)9;;/h1-9H3;;. The maximum atomic E-state index is 2.98. The molecule has 0 unspecified atom stereocenters. The van der Waals surface area contributed by atoms with Crippen LogP contribution in [0.2, 0.25) is 58.9 Å². The van der Waals surface area contributed by atoms with Crippen molar-refractivity contribution < 1.29 is 0 Å². The van der Waals surface area contributed by atoms with Crippen LogP contribution in [-0.2, 0) is 0 Å². The topological polar surface area (TPSA) is 3.24 Å². The van der Waals surface area contributed by atoms with Gasteiger partial charge in [-0.1, -0.05) is 58.9 Å². The fraction of sp³-hybridized carbons (Fsp3) is 1.00. The Kier molecular flexibility index (Phi) is 6.32. The van der Waals surface area contributed by atoms with Crippen molar-refractivity contribution in [2.75, 3.05) is 0 Å². The first kappa shape index (κ1) is 17.6. The van der Waals surface area contributed by atoms with Gasteiger partial charge in [-0.15, -0.1) is 0 Å². The molecule has 0 rings (SSSR count). The Labute approximate surface area is 106 Å². The van der Waals surface area contributed by atoms with Gasteiger partial charge < -0.3 is 3.90 Å². The van der Waals surface area contributed by atoms with E-state index < -0.39 is 24.7 Å². The van der Waals surface area contributed by atoms with Crippen LogP contribution in [-0.4, -0.2) is 47.5 Å². The summed E-state index contributed by atoms with van der Waals surface area (Å²) in [5.74, 6) is 0. The van der Waals surface area contributed by atoms with Gasteiger partial charge in [0.1, 0.15) is 24.7 Å². The molecule has 0 N–H and O–H groups in total. The summed E-state index contributed by atoms with van der Waals surface area (Å²) in [6, 6.07) is 0. The summed E-state index contributed by atoms with van der Waals surface area (Å²) in [7, 11) is -3.30. The number of rotatable bonds is 3. The average Bonchev–Trinajstić information content (AvgIpc) is 1.44. The van der Waals surface area contributed by atoms with Crippen LogP contribution in [0.1, 0.15) is 0 Å². The van der Waals surface area contributed by atoms with E-state index in [0.717, 1.165) is 0 Å². The van der Waals surface area contributed by atoms with E-state index in [-0.39, 0.29) is 18.9 Å². The molecule has 14 heavy (non-hydrogen) atoms. The zero-order valence-corrected chi connectivity index (χ0v) is 13.9. The molecule has 82 valence electrons. The molecule has 0 saturated heterocycles. The van der Waals surface area contributed by atoms with Crippen LogP contribution in [0.25, 0.3) is 0 Å². The van der Waals surface area contributed by atoms with E-state index in [1.165, 1.54) is 0 Å². The number of hydrogen-bond donors (Lipinski definition) is 0. The number of hydrogen-bond acceptors (Lipinski definition) is 1. The van der Waals surface area contributed by atoms with Crippen LogP contribution < -0.4 is 0 Å². The summed E-state index contributed by atoms with van der Waals surface area (Å²) in [6.45, 7) is 22.4. The van der Waals surface area contributed by atoms with Crippen molar-refractivity contribution in [1.82, 2.24) is 3.90 Å². The summed E-state index contributed by atoms with van der Waals surface area (Å²) in [4.78, 5) is 0. The Balaban J connectivity index is 0. The summed E-state index contributed by atoms with van der Waals surface area (Å²) in [5, 5.41) is 0.